The van der Waals surface area contributed by atoms with E-state index in [1.807, 2.05) is 5.32 Å². The number of ether oxygens (including phenoxy) is 2. The average Bonchev–Trinajstić information content (AvgIpc) is 2.85. The first kappa shape index (κ1) is 22.9. The molecule has 1 fully saturated rings. The lowest BCUT2D eigenvalue weighted by atomic mass is 9.92. The largest absolute Gasteiger partial charge is 0.573 e. The Morgan fingerprint density at radius 3 is 2.40 bits per heavy atom. The van der Waals surface area contributed by atoms with Crippen LogP contribution in [0.3, 0.4) is 0 Å². The van der Waals surface area contributed by atoms with E-state index >= 15 is 0 Å². The molecule has 1 aliphatic heterocycles. The summed E-state index contributed by atoms with van der Waals surface area (Å²) in [6.07, 6.45) is -4.87. The van der Waals surface area contributed by atoms with Crippen molar-refractivity contribution in [3.8, 4) is 5.75 Å². The lowest BCUT2D eigenvalue weighted by molar-refractivity contribution is -0.274. The third kappa shape index (κ3) is 5.59. The van der Waals surface area contributed by atoms with Crippen molar-refractivity contribution in [2.45, 2.75) is 18.8 Å². The molecule has 0 saturated carbocycles. The molecule has 1 aliphatic rings. The van der Waals surface area contributed by atoms with Crippen LogP contribution < -0.4 is 20.7 Å². The second kappa shape index (κ2) is 8.98. The lowest BCUT2D eigenvalue weighted by Crippen LogP contribution is -2.47. The van der Waals surface area contributed by atoms with Gasteiger partial charge in [-0.05, 0) is 24.6 Å². The fourth-order valence-electron chi connectivity index (χ4n) is 2.65. The van der Waals surface area contributed by atoms with Crippen LogP contribution in [0.25, 0.3) is 0 Å². The van der Waals surface area contributed by atoms with Gasteiger partial charge in [0.05, 0.1) is 6.61 Å². The number of methoxy groups -OCH3 is 1. The van der Waals surface area contributed by atoms with Gasteiger partial charge in [0.15, 0.2) is 0 Å². The van der Waals surface area contributed by atoms with Gasteiger partial charge in [-0.2, -0.15) is 0 Å². The van der Waals surface area contributed by atoms with Gasteiger partial charge < -0.3 is 20.1 Å². The highest BCUT2D eigenvalue weighted by molar-refractivity contribution is 6.10. The van der Waals surface area contributed by atoms with Crippen LogP contribution in [0.15, 0.2) is 24.3 Å². The fraction of sp³-hybridized carbons (Fsp3) is 0.412. The molecule has 1 saturated heterocycles. The Bertz CT molecular complexity index is 830. The molecule has 1 aromatic rings. The highest BCUT2D eigenvalue weighted by Gasteiger charge is 2.49. The van der Waals surface area contributed by atoms with Gasteiger partial charge in [-0.15, -0.1) is 13.2 Å². The maximum atomic E-state index is 12.7. The first-order chi connectivity index (χ1) is 14.0. The van der Waals surface area contributed by atoms with Crippen LogP contribution in [-0.4, -0.2) is 61.9 Å². The molecule has 1 atom stereocenters. The van der Waals surface area contributed by atoms with E-state index in [0.29, 0.717) is 4.90 Å². The number of alkyl halides is 3. The van der Waals surface area contributed by atoms with Crippen molar-refractivity contribution in [3.05, 3.63) is 29.8 Å². The van der Waals surface area contributed by atoms with Gasteiger partial charge in [0.1, 0.15) is 17.8 Å². The van der Waals surface area contributed by atoms with Crippen molar-refractivity contribution >= 4 is 23.9 Å². The molecule has 0 spiro atoms. The predicted octanol–water partition coefficient (Wildman–Crippen LogP) is 0.824. The van der Waals surface area contributed by atoms with Crippen LogP contribution in [0.2, 0.25) is 0 Å². The smallest absolute Gasteiger partial charge is 0.406 e. The highest BCUT2D eigenvalue weighted by Crippen LogP contribution is 2.31. The predicted molar refractivity (Wildman–Crippen MR) is 94.1 cm³/mol. The number of imide groups is 2. The summed E-state index contributed by atoms with van der Waals surface area (Å²) < 4.78 is 45.3. The summed E-state index contributed by atoms with van der Waals surface area (Å²) in [6.45, 7) is 0.972. The molecule has 10 nitrogen and oxygen atoms in total. The van der Waals surface area contributed by atoms with E-state index in [1.54, 1.807) is 0 Å². The number of nitrogens with zero attached hydrogens (tertiary/aromatic N) is 1. The Balaban J connectivity index is 2.04. The molecule has 6 amide bonds. The van der Waals surface area contributed by atoms with Crippen LogP contribution >= 0.6 is 0 Å². The molecular weight excluding hydrogens is 413 g/mol. The Labute approximate surface area is 168 Å². The SMILES string of the molecule is COCCNC(=O)NC(=O)CN1C(=O)NC(C)(c2ccc(OC(F)(F)F)cc2)C1=O. The number of urea groups is 2. The number of hydrogen-bond acceptors (Lipinski definition) is 6. The molecule has 3 N–H and O–H groups in total. The molecule has 30 heavy (non-hydrogen) atoms. The summed E-state index contributed by atoms with van der Waals surface area (Å²) in [4.78, 5) is 49.0. The van der Waals surface area contributed by atoms with Gasteiger partial charge >= 0.3 is 18.4 Å². The maximum Gasteiger partial charge on any atom is 0.573 e. The molecule has 0 bridgehead atoms. The number of hydrogen-bond donors (Lipinski definition) is 3. The number of carbonyl (C=O) groups excluding carboxylic acids is 4. The summed E-state index contributed by atoms with van der Waals surface area (Å²) >= 11 is 0. The van der Waals surface area contributed by atoms with Crippen LogP contribution in [0.4, 0.5) is 22.8 Å². The monoisotopic (exact) mass is 432 g/mol. The van der Waals surface area contributed by atoms with Crippen molar-refractivity contribution in [1.29, 1.82) is 0 Å². The van der Waals surface area contributed by atoms with Crippen LogP contribution in [0.5, 0.6) is 5.75 Å². The van der Waals surface area contributed by atoms with Crippen LogP contribution in [0.1, 0.15) is 12.5 Å². The molecule has 0 aliphatic carbocycles. The van der Waals surface area contributed by atoms with E-state index in [-0.39, 0.29) is 18.7 Å². The summed E-state index contributed by atoms with van der Waals surface area (Å²) in [5.74, 6) is -2.22. The zero-order valence-corrected chi connectivity index (χ0v) is 16.0. The minimum Gasteiger partial charge on any atom is -0.406 e. The fourth-order valence-corrected chi connectivity index (χ4v) is 2.65. The van der Waals surface area contributed by atoms with E-state index in [1.165, 1.54) is 26.2 Å². The van der Waals surface area contributed by atoms with Crippen molar-refractivity contribution in [2.24, 2.45) is 0 Å². The molecule has 1 unspecified atom stereocenters. The van der Waals surface area contributed by atoms with Gasteiger partial charge in [0.2, 0.25) is 5.91 Å². The second-order valence-electron chi connectivity index (χ2n) is 6.32. The Morgan fingerprint density at radius 2 is 1.83 bits per heavy atom. The van der Waals surface area contributed by atoms with Crippen molar-refractivity contribution < 1.29 is 41.8 Å². The minimum atomic E-state index is -4.87. The maximum absolute atomic E-state index is 12.7. The van der Waals surface area contributed by atoms with Gasteiger partial charge in [0.25, 0.3) is 5.91 Å². The summed E-state index contributed by atoms with van der Waals surface area (Å²) in [6, 6.07) is 2.64. The number of rotatable bonds is 7. The number of amides is 6. The Kier molecular flexibility index (Phi) is 6.87. The molecule has 13 heteroatoms. The average molecular weight is 432 g/mol. The summed E-state index contributed by atoms with van der Waals surface area (Å²) in [7, 11) is 1.43. The first-order valence-electron chi connectivity index (χ1n) is 8.53. The van der Waals surface area contributed by atoms with E-state index in [2.05, 4.69) is 15.4 Å². The van der Waals surface area contributed by atoms with Crippen LogP contribution in [-0.2, 0) is 19.9 Å². The quantitative estimate of drug-likeness (QED) is 0.433. The third-order valence-corrected chi connectivity index (χ3v) is 4.09. The molecule has 0 aromatic heterocycles. The number of carbonyl (C=O) groups is 4. The lowest BCUT2D eigenvalue weighted by Gasteiger charge is -2.22. The Morgan fingerprint density at radius 1 is 1.20 bits per heavy atom. The van der Waals surface area contributed by atoms with Crippen LogP contribution in [0, 0.1) is 0 Å². The second-order valence-corrected chi connectivity index (χ2v) is 6.32. The van der Waals surface area contributed by atoms with Gasteiger partial charge in [-0.3, -0.25) is 19.8 Å². The van der Waals surface area contributed by atoms with Crippen molar-refractivity contribution in [3.63, 3.8) is 0 Å². The standard InChI is InChI=1S/C17H19F3N4O6/c1-16(10-3-5-11(6-4-10)30-17(18,19)20)13(26)24(15(28)23-16)9-12(25)22-14(27)21-7-8-29-2/h3-6H,7-9H2,1-2H3,(H,23,28)(H2,21,22,25,27). The van der Waals surface area contributed by atoms with E-state index in [9.17, 15) is 32.3 Å². The van der Waals surface area contributed by atoms with Gasteiger partial charge in [-0.1, -0.05) is 12.1 Å². The molecule has 1 heterocycles. The number of nitrogens with one attached hydrogen (secondary N) is 3. The van der Waals surface area contributed by atoms with E-state index in [0.717, 1.165) is 12.1 Å². The molecule has 1 aromatic carbocycles. The van der Waals surface area contributed by atoms with E-state index < -0.39 is 48.1 Å². The Hall–Kier alpha value is -3.35. The zero-order chi connectivity index (χ0) is 22.5. The molecule has 2 rings (SSSR count). The number of benzene rings is 1. The van der Waals surface area contributed by atoms with Gasteiger partial charge in [-0.25, -0.2) is 9.59 Å². The third-order valence-electron chi connectivity index (χ3n) is 4.09. The topological polar surface area (TPSA) is 126 Å². The van der Waals surface area contributed by atoms with Gasteiger partial charge in [0, 0.05) is 13.7 Å². The van der Waals surface area contributed by atoms with E-state index in [4.69, 9.17) is 4.74 Å². The number of halogens is 3. The minimum absolute atomic E-state index is 0.144. The molecule has 164 valence electrons. The molecular formula is C17H19F3N4O6. The zero-order valence-electron chi connectivity index (χ0n) is 16.0. The summed E-state index contributed by atoms with van der Waals surface area (Å²) in [5, 5.41) is 6.69. The normalized spacial score (nSPS) is 18.8. The first-order valence-corrected chi connectivity index (χ1v) is 8.53. The van der Waals surface area contributed by atoms with Crippen molar-refractivity contribution in [1.82, 2.24) is 20.9 Å². The highest BCUT2D eigenvalue weighted by atomic mass is 19.4. The summed E-state index contributed by atoms with van der Waals surface area (Å²) in [5.41, 5.74) is -1.44. The molecule has 0 radical (unpaired) electrons. The van der Waals surface area contributed by atoms with Crippen molar-refractivity contribution in [2.75, 3.05) is 26.8 Å².